The van der Waals surface area contributed by atoms with Crippen molar-refractivity contribution in [3.63, 3.8) is 0 Å². The van der Waals surface area contributed by atoms with Gasteiger partial charge in [0.2, 0.25) is 35.4 Å². The molecule has 19 heteroatoms. The van der Waals surface area contributed by atoms with E-state index in [9.17, 15) is 9.59 Å². The third-order valence-electron chi connectivity index (χ3n) is 24.2. The van der Waals surface area contributed by atoms with E-state index in [2.05, 4.69) is 72.1 Å². The van der Waals surface area contributed by atoms with Gasteiger partial charge in [-0.1, -0.05) is 254 Å². The molecular weight excluding hydrogens is 1350 g/mol. The second-order valence-corrected chi connectivity index (χ2v) is 31.0. The predicted molar refractivity (Wildman–Crippen MR) is 423 cm³/mol. The van der Waals surface area contributed by atoms with Crippen LogP contribution in [-0.4, -0.2) is 139 Å². The maximum absolute atomic E-state index is 15.4. The number of nitrogens with one attached hydrogen (secondary N) is 9. The second kappa shape index (κ2) is 39.5. The Morgan fingerprint density at radius 2 is 0.787 bits per heavy atom. The van der Waals surface area contributed by atoms with Gasteiger partial charge in [-0.3, -0.25) is 38.4 Å². The lowest BCUT2D eigenvalue weighted by Gasteiger charge is -2.38. The second-order valence-electron chi connectivity index (χ2n) is 31.0. The summed E-state index contributed by atoms with van der Waals surface area (Å²) in [4.78, 5) is 123. The first-order chi connectivity index (χ1) is 52.7. The van der Waals surface area contributed by atoms with E-state index in [1.165, 1.54) is 0 Å². The number of amides is 7. The van der Waals surface area contributed by atoms with E-state index < -0.39 is 53.2 Å². The number of carbonyl (C=O) groups is 8. The van der Waals surface area contributed by atoms with Crippen molar-refractivity contribution in [1.29, 1.82) is 0 Å². The van der Waals surface area contributed by atoms with Crippen LogP contribution in [0, 0.1) is 23.7 Å². The fourth-order valence-electron chi connectivity index (χ4n) is 18.1. The summed E-state index contributed by atoms with van der Waals surface area (Å²) < 4.78 is 0. The van der Waals surface area contributed by atoms with E-state index in [-0.39, 0.29) is 71.6 Å². The van der Waals surface area contributed by atoms with Crippen LogP contribution in [0.4, 0.5) is 0 Å². The standard InChI is InChI=1S/C89H117N11O8/c1-5-74(90-3)81(102)95-79-66(60-92-58-64-32-15-7-16-33-64)49-51-72-53-55-76(99(72)85(79)106)83(104)97-88(68-36-19-10-20-37-68,69-38-21-11-22-39-69)78(101)44-27-9-14-30-62-45-47-63(48-46-62)31-28-29-57-94-87(108)89(70-40-23-12-24-41-70,71-42-25-13-26-43-71)98-84(105)77-56-54-73-52-50-67(61-93-59-65-34-17-8-18-35-65)80(86(107)100(73)77)96-82(103)75(6-2)91-4/h7-8,10-13,15-26,32-43,62-63,66-67,72-77,79-80,90-93H,5-6,9,14,27-31,44-61H2,1-4H3,(H,94,108)(H,95,102)(H,96,103)(H,97,104)(H,98,105)/t62?,63?,66-,67-,72+,73+,74+,75+,76+,77?,79+,80+/m1/s1. The van der Waals surface area contributed by atoms with Crippen LogP contribution in [0.2, 0.25) is 0 Å². The minimum absolute atomic E-state index is 0.105. The van der Waals surface area contributed by atoms with Gasteiger partial charge in [0.05, 0.1) is 12.1 Å². The quantitative estimate of drug-likeness (QED) is 0.0165. The van der Waals surface area contributed by atoms with Gasteiger partial charge in [-0.15, -0.1) is 0 Å². The first-order valence-electron chi connectivity index (χ1n) is 40.5. The molecule has 0 aromatic heterocycles. The lowest BCUT2D eigenvalue weighted by molar-refractivity contribution is -0.145. The number of fused-ring (bicyclic) bond motifs is 2. The Morgan fingerprint density at radius 3 is 1.18 bits per heavy atom. The van der Waals surface area contributed by atoms with Crippen LogP contribution >= 0.6 is 0 Å². The summed E-state index contributed by atoms with van der Waals surface area (Å²) >= 11 is 0. The zero-order valence-electron chi connectivity index (χ0n) is 64.0. The summed E-state index contributed by atoms with van der Waals surface area (Å²) in [6.45, 7) is 6.49. The first-order valence-corrected chi connectivity index (χ1v) is 40.5. The summed E-state index contributed by atoms with van der Waals surface area (Å²) in [5, 5.41) is 29.6. The van der Waals surface area contributed by atoms with Crippen LogP contribution in [-0.2, 0) is 62.5 Å². The van der Waals surface area contributed by atoms with Gasteiger partial charge in [0, 0.05) is 63.1 Å². The lowest BCUT2D eigenvalue weighted by atomic mass is 9.76. The number of unbranched alkanes of at least 4 members (excludes halogenated alkanes) is 3. The SMILES string of the molecule is CC[C@H](NC)C(=O)N[C@@H]1C(=O)N2C(C(=O)NC(C(=O)NCCCCC3CCC(CCCCCC(=O)C(NC(=O)[C@@H]4CC[C@@H]5CC[C@H](CNCc6ccccc6)[C@H](NC(=O)[C@H](CC)NC)C(=O)N54)(c4ccccc4)c4ccccc4)CC3)(c3ccccc3)c3ccccc3)CC[C@@H]2CC[C@@H]1CNCc1ccccc1. The highest BCUT2D eigenvalue weighted by Crippen LogP contribution is 2.41. The molecule has 4 aliphatic heterocycles. The summed E-state index contributed by atoms with van der Waals surface area (Å²) in [6, 6.07) is 53.2. The van der Waals surface area contributed by atoms with Gasteiger partial charge < -0.3 is 57.7 Å². The van der Waals surface area contributed by atoms with Crippen molar-refractivity contribution < 1.29 is 38.4 Å². The van der Waals surface area contributed by atoms with Crippen LogP contribution < -0.4 is 47.9 Å². The monoisotopic (exact) mass is 1470 g/mol. The molecule has 19 nitrogen and oxygen atoms in total. The average Bonchev–Trinajstić information content (AvgIpc) is 1.14. The number of benzene rings is 6. The highest BCUT2D eigenvalue weighted by atomic mass is 16.2. The molecule has 5 fully saturated rings. The number of nitrogens with zero attached hydrogens (tertiary/aromatic N) is 2. The summed E-state index contributed by atoms with van der Waals surface area (Å²) in [6.07, 6.45) is 17.1. The fraction of sp³-hybridized carbons (Fsp3) is 0.506. The number of hydrogen-bond donors (Lipinski definition) is 9. The number of likely N-dealkylation sites (N-methyl/N-ethyl adjacent to an activating group) is 2. The van der Waals surface area contributed by atoms with Gasteiger partial charge >= 0.3 is 0 Å². The minimum atomic E-state index is -1.63. The Morgan fingerprint density at radius 1 is 0.426 bits per heavy atom. The van der Waals surface area contributed by atoms with E-state index >= 15 is 28.8 Å². The van der Waals surface area contributed by atoms with Gasteiger partial charge in [-0.05, 0) is 136 Å². The highest BCUT2D eigenvalue weighted by Gasteiger charge is 2.53. The molecule has 6 aromatic carbocycles. The Bertz CT molecular complexity index is 3530. The summed E-state index contributed by atoms with van der Waals surface area (Å²) in [5.74, 6) is -1.56. The predicted octanol–water partition coefficient (Wildman–Crippen LogP) is 10.8. The Balaban J connectivity index is 0.681. The average molecular weight is 1470 g/mol. The molecule has 5 aliphatic rings. The van der Waals surface area contributed by atoms with Gasteiger partial charge in [0.15, 0.2) is 11.3 Å². The van der Waals surface area contributed by atoms with Crippen molar-refractivity contribution in [2.24, 2.45) is 23.7 Å². The third kappa shape index (κ3) is 19.4. The molecule has 108 heavy (non-hydrogen) atoms. The molecule has 10 atom stereocenters. The maximum atomic E-state index is 15.4. The zero-order chi connectivity index (χ0) is 75.8. The topological polar surface area (TPSA) is 251 Å². The number of rotatable bonds is 37. The van der Waals surface area contributed by atoms with Crippen LogP contribution in [0.1, 0.15) is 188 Å². The Kier molecular flexibility index (Phi) is 29.3. The molecule has 9 N–H and O–H groups in total. The molecule has 1 saturated carbocycles. The molecule has 0 bridgehead atoms. The largest absolute Gasteiger partial charge is 0.353 e. The van der Waals surface area contributed by atoms with Gasteiger partial charge in [0.1, 0.15) is 29.7 Å². The third-order valence-corrected chi connectivity index (χ3v) is 24.2. The van der Waals surface area contributed by atoms with Crippen LogP contribution in [0.15, 0.2) is 182 Å². The molecule has 4 saturated heterocycles. The molecule has 7 amide bonds. The molecular formula is C89H117N11O8. The minimum Gasteiger partial charge on any atom is -0.353 e. The van der Waals surface area contributed by atoms with Crippen molar-refractivity contribution in [2.45, 2.75) is 228 Å². The van der Waals surface area contributed by atoms with Gasteiger partial charge in [-0.2, -0.15) is 0 Å². The van der Waals surface area contributed by atoms with E-state index in [0.717, 1.165) is 75.3 Å². The van der Waals surface area contributed by atoms with E-state index in [4.69, 9.17) is 0 Å². The molecule has 6 aromatic rings. The molecule has 4 heterocycles. The summed E-state index contributed by atoms with van der Waals surface area (Å²) in [5.41, 5.74) is 1.60. The van der Waals surface area contributed by atoms with Crippen LogP contribution in [0.25, 0.3) is 0 Å². The Labute approximate surface area is 640 Å². The molecule has 0 radical (unpaired) electrons. The van der Waals surface area contributed by atoms with E-state index in [1.807, 2.05) is 172 Å². The number of hydrogen-bond acceptors (Lipinski definition) is 12. The van der Waals surface area contributed by atoms with Crippen molar-refractivity contribution in [3.05, 3.63) is 215 Å². The van der Waals surface area contributed by atoms with Crippen molar-refractivity contribution in [3.8, 4) is 0 Å². The van der Waals surface area contributed by atoms with Crippen LogP contribution in [0.5, 0.6) is 0 Å². The molecule has 1 unspecified atom stereocenters. The molecule has 0 spiro atoms. The number of ketones is 1. The van der Waals surface area contributed by atoms with Crippen molar-refractivity contribution in [2.75, 3.05) is 33.7 Å². The van der Waals surface area contributed by atoms with E-state index in [0.29, 0.717) is 137 Å². The van der Waals surface area contributed by atoms with E-state index in [1.54, 1.807) is 23.9 Å². The normalized spacial score (nSPS) is 22.9. The Hall–Kier alpha value is -8.88. The first kappa shape index (κ1) is 80.1. The number of carbonyl (C=O) groups excluding carboxylic acids is 8. The van der Waals surface area contributed by atoms with Gasteiger partial charge in [0.25, 0.3) is 5.91 Å². The zero-order valence-corrected chi connectivity index (χ0v) is 64.0. The lowest BCUT2D eigenvalue weighted by Crippen LogP contribution is -2.62. The molecule has 11 rings (SSSR count). The number of Topliss-reactive ketones (excluding diaryl/α,β-unsaturated/α-hetero) is 1. The van der Waals surface area contributed by atoms with Crippen molar-refractivity contribution >= 4 is 47.1 Å². The fourth-order valence-corrected chi connectivity index (χ4v) is 18.1. The van der Waals surface area contributed by atoms with Crippen molar-refractivity contribution in [1.82, 2.24) is 57.7 Å². The maximum Gasteiger partial charge on any atom is 0.255 e. The molecule has 1 aliphatic carbocycles. The highest BCUT2D eigenvalue weighted by molar-refractivity contribution is 6.01. The molecule has 576 valence electrons. The van der Waals surface area contributed by atoms with Gasteiger partial charge in [-0.25, -0.2) is 0 Å². The smallest absolute Gasteiger partial charge is 0.255 e. The summed E-state index contributed by atoms with van der Waals surface area (Å²) in [7, 11) is 3.49. The van der Waals surface area contributed by atoms with Crippen LogP contribution in [0.3, 0.4) is 0 Å².